The third kappa shape index (κ3) is 2.31. The number of hydrogen-bond acceptors (Lipinski definition) is 6. The summed E-state index contributed by atoms with van der Waals surface area (Å²) in [7, 11) is 0. The van der Waals surface area contributed by atoms with E-state index >= 15 is 0 Å². The van der Waals surface area contributed by atoms with Crippen LogP contribution in [0.2, 0.25) is 0 Å². The van der Waals surface area contributed by atoms with Gasteiger partial charge in [-0.1, -0.05) is 11.3 Å². The molecule has 0 amide bonds. The summed E-state index contributed by atoms with van der Waals surface area (Å²) in [4.78, 5) is 41.3. The zero-order chi connectivity index (χ0) is 15.1. The smallest absolute Gasteiger partial charge is 0.343 e. The highest BCUT2D eigenvalue weighted by atomic mass is 32.1. The van der Waals surface area contributed by atoms with E-state index in [1.54, 1.807) is 13.1 Å². The summed E-state index contributed by atoms with van der Waals surface area (Å²) in [6.07, 6.45) is 2.52. The van der Waals surface area contributed by atoms with Crippen LogP contribution in [-0.4, -0.2) is 34.3 Å². The Morgan fingerprint density at radius 3 is 2.95 bits per heavy atom. The van der Waals surface area contributed by atoms with Crippen LogP contribution in [0.1, 0.15) is 36.9 Å². The second kappa shape index (κ2) is 5.14. The predicted molar refractivity (Wildman–Crippen MR) is 77.0 cm³/mol. The van der Waals surface area contributed by atoms with Gasteiger partial charge in [-0.2, -0.15) is 0 Å². The predicted octanol–water partition coefficient (Wildman–Crippen LogP) is 1.14. The minimum absolute atomic E-state index is 0.0957. The van der Waals surface area contributed by atoms with Crippen molar-refractivity contribution in [2.24, 2.45) is 0 Å². The first-order chi connectivity index (χ1) is 10.0. The summed E-state index contributed by atoms with van der Waals surface area (Å²) < 4.78 is 4.93. The van der Waals surface area contributed by atoms with Gasteiger partial charge in [0, 0.05) is 30.0 Å². The fraction of sp³-hybridized carbons (Fsp3) is 0.500. The fourth-order valence-electron chi connectivity index (χ4n) is 2.93. The fourth-order valence-corrected chi connectivity index (χ4v) is 3.94. The number of H-pyrrole nitrogens is 1. The van der Waals surface area contributed by atoms with Crippen LogP contribution in [0.3, 0.4) is 0 Å². The number of aromatic nitrogens is 1. The van der Waals surface area contributed by atoms with Crippen molar-refractivity contribution in [1.29, 1.82) is 0 Å². The van der Waals surface area contributed by atoms with E-state index in [0.29, 0.717) is 0 Å². The molecule has 112 valence electrons. The van der Waals surface area contributed by atoms with E-state index in [4.69, 9.17) is 4.74 Å². The van der Waals surface area contributed by atoms with Crippen LogP contribution in [0.15, 0.2) is 16.6 Å². The van der Waals surface area contributed by atoms with Crippen LogP contribution < -0.4 is 4.87 Å². The van der Waals surface area contributed by atoms with Gasteiger partial charge in [-0.15, -0.1) is 0 Å². The largest absolute Gasteiger partial charge is 0.462 e. The molecule has 0 saturated heterocycles. The molecule has 0 aliphatic carbocycles. The molecule has 0 fully saturated rings. The Balaban J connectivity index is 2.00. The molecule has 0 radical (unpaired) electrons. The number of hydrogen-bond donors (Lipinski definition) is 1. The molecule has 0 spiro atoms. The van der Waals surface area contributed by atoms with E-state index in [1.807, 2.05) is 11.8 Å². The van der Waals surface area contributed by atoms with Gasteiger partial charge in [0.1, 0.15) is 5.57 Å². The van der Waals surface area contributed by atoms with Crippen molar-refractivity contribution in [2.75, 3.05) is 6.61 Å². The van der Waals surface area contributed by atoms with Gasteiger partial charge in [0.25, 0.3) is 0 Å². The molecule has 1 N–H and O–H groups in total. The van der Waals surface area contributed by atoms with E-state index in [1.165, 1.54) is 11.3 Å². The summed E-state index contributed by atoms with van der Waals surface area (Å²) in [6.45, 7) is 3.97. The lowest BCUT2D eigenvalue weighted by Gasteiger charge is -2.41. The summed E-state index contributed by atoms with van der Waals surface area (Å²) in [5.41, 5.74) is 0.914. The van der Waals surface area contributed by atoms with Gasteiger partial charge in [-0.05, 0) is 13.8 Å². The number of nitrogens with zero attached hydrogens (tertiary/aromatic N) is 1. The monoisotopic (exact) mass is 308 g/mol. The van der Waals surface area contributed by atoms with E-state index in [0.717, 1.165) is 17.0 Å². The number of esters is 1. The van der Waals surface area contributed by atoms with Crippen molar-refractivity contribution in [3.63, 3.8) is 0 Å². The first-order valence-electron chi connectivity index (χ1n) is 6.92. The number of thiazole rings is 1. The van der Waals surface area contributed by atoms with E-state index in [-0.39, 0.29) is 41.3 Å². The molecule has 21 heavy (non-hydrogen) atoms. The average Bonchev–Trinajstić information content (AvgIpc) is 2.79. The van der Waals surface area contributed by atoms with Crippen molar-refractivity contribution >= 4 is 23.1 Å². The standard InChI is InChI=1S/C14H16N2O4S/c1-3-20-13(18)8-6-16-7(2)4-11-12(15-14(19)21-11)9(16)5-10(8)17/h6-7,9H,3-5H2,1-2H3,(H,15,19). The number of fused-ring (bicyclic) bond motifs is 3. The van der Waals surface area contributed by atoms with Gasteiger partial charge < -0.3 is 14.6 Å². The van der Waals surface area contributed by atoms with Crippen molar-refractivity contribution in [1.82, 2.24) is 9.88 Å². The van der Waals surface area contributed by atoms with Crippen LogP contribution >= 0.6 is 11.3 Å². The third-order valence-corrected chi connectivity index (χ3v) is 4.81. The quantitative estimate of drug-likeness (QED) is 0.655. The second-order valence-electron chi connectivity index (χ2n) is 5.26. The number of rotatable bonds is 2. The molecule has 3 heterocycles. The Morgan fingerprint density at radius 1 is 1.48 bits per heavy atom. The third-order valence-electron chi connectivity index (χ3n) is 3.89. The molecule has 7 heteroatoms. The van der Waals surface area contributed by atoms with Gasteiger partial charge >= 0.3 is 10.8 Å². The molecular formula is C14H16N2O4S. The molecule has 2 unspecified atom stereocenters. The maximum atomic E-state index is 12.2. The highest BCUT2D eigenvalue weighted by molar-refractivity contribution is 7.09. The maximum Gasteiger partial charge on any atom is 0.343 e. The van der Waals surface area contributed by atoms with Gasteiger partial charge in [0.05, 0.1) is 18.3 Å². The van der Waals surface area contributed by atoms with Gasteiger partial charge in [0.2, 0.25) is 0 Å². The lowest BCUT2D eigenvalue weighted by atomic mass is 9.90. The number of aromatic amines is 1. The van der Waals surface area contributed by atoms with Crippen LogP contribution in [0.4, 0.5) is 0 Å². The number of carbonyl (C=O) groups excluding carboxylic acids is 2. The molecule has 1 aromatic rings. The molecule has 3 rings (SSSR count). The number of Topliss-reactive ketones (excluding diaryl/α,β-unsaturated/α-hetero) is 1. The topological polar surface area (TPSA) is 79.5 Å². The van der Waals surface area contributed by atoms with Crippen LogP contribution in [0, 0.1) is 0 Å². The van der Waals surface area contributed by atoms with Crippen molar-refractivity contribution in [3.05, 3.63) is 32.0 Å². The number of nitrogens with one attached hydrogen (secondary N) is 1. The first-order valence-corrected chi connectivity index (χ1v) is 7.74. The molecule has 6 nitrogen and oxygen atoms in total. The lowest BCUT2D eigenvalue weighted by molar-refractivity contribution is -0.140. The summed E-state index contributed by atoms with van der Waals surface area (Å²) in [6, 6.07) is -0.0557. The SMILES string of the molecule is CCOC(=O)C1=CN2C(C)Cc3sc(=O)[nH]c3C2CC1=O. The summed E-state index contributed by atoms with van der Waals surface area (Å²) in [5, 5.41) is 0. The molecule has 0 saturated carbocycles. The first kappa shape index (κ1) is 14.1. The van der Waals surface area contributed by atoms with Crippen molar-refractivity contribution in [2.45, 2.75) is 38.8 Å². The Morgan fingerprint density at radius 2 is 2.24 bits per heavy atom. The molecule has 1 aromatic heterocycles. The highest BCUT2D eigenvalue weighted by Gasteiger charge is 2.39. The van der Waals surface area contributed by atoms with Crippen molar-refractivity contribution in [3.8, 4) is 0 Å². The van der Waals surface area contributed by atoms with Gasteiger partial charge in [-0.3, -0.25) is 9.59 Å². The average molecular weight is 308 g/mol. The Bertz CT molecular complexity index is 687. The second-order valence-corrected chi connectivity index (χ2v) is 6.33. The molecule has 2 atom stereocenters. The van der Waals surface area contributed by atoms with Gasteiger partial charge in [-0.25, -0.2) is 4.79 Å². The van der Waals surface area contributed by atoms with Crippen LogP contribution in [0.5, 0.6) is 0 Å². The summed E-state index contributed by atoms with van der Waals surface area (Å²) >= 11 is 1.20. The van der Waals surface area contributed by atoms with Gasteiger partial charge in [0.15, 0.2) is 5.78 Å². The van der Waals surface area contributed by atoms with E-state index in [2.05, 4.69) is 4.98 Å². The Labute approximate surface area is 125 Å². The minimum Gasteiger partial charge on any atom is -0.462 e. The Hall–Kier alpha value is -1.89. The Kier molecular flexibility index (Phi) is 3.44. The highest BCUT2D eigenvalue weighted by Crippen LogP contribution is 2.39. The number of carbonyl (C=O) groups is 2. The van der Waals surface area contributed by atoms with Crippen LogP contribution in [-0.2, 0) is 20.7 Å². The molecule has 0 aromatic carbocycles. The molecular weight excluding hydrogens is 292 g/mol. The summed E-state index contributed by atoms with van der Waals surface area (Å²) in [5.74, 6) is -0.806. The zero-order valence-electron chi connectivity index (χ0n) is 11.8. The van der Waals surface area contributed by atoms with E-state index in [9.17, 15) is 14.4 Å². The normalized spacial score (nSPS) is 24.2. The molecule has 0 bridgehead atoms. The van der Waals surface area contributed by atoms with Crippen LogP contribution in [0.25, 0.3) is 0 Å². The maximum absolute atomic E-state index is 12.2. The number of ketones is 1. The number of ether oxygens (including phenoxy) is 1. The molecule has 2 aliphatic rings. The van der Waals surface area contributed by atoms with E-state index < -0.39 is 5.97 Å². The zero-order valence-corrected chi connectivity index (χ0v) is 12.7. The molecule has 2 aliphatic heterocycles. The lowest BCUT2D eigenvalue weighted by Crippen LogP contribution is -2.43. The minimum atomic E-state index is -0.572. The van der Waals surface area contributed by atoms with Crippen molar-refractivity contribution < 1.29 is 14.3 Å².